The average molecular weight is 428 g/mol. The fourth-order valence-electron chi connectivity index (χ4n) is 4.07. The molecule has 0 saturated heterocycles. The van der Waals surface area contributed by atoms with Gasteiger partial charge >= 0.3 is 0 Å². The number of nitrogens with zero attached hydrogens (tertiary/aromatic N) is 5. The molecule has 1 aromatic carbocycles. The summed E-state index contributed by atoms with van der Waals surface area (Å²) in [6.07, 6.45) is 4.92. The van der Waals surface area contributed by atoms with Crippen LogP contribution < -0.4 is 5.32 Å². The van der Waals surface area contributed by atoms with Gasteiger partial charge < -0.3 is 15.0 Å². The maximum Gasteiger partial charge on any atom is 0.298 e. The summed E-state index contributed by atoms with van der Waals surface area (Å²) in [7, 11) is 4.08. The number of rotatable bonds is 7. The number of fused-ring (bicyclic) bond motifs is 1. The summed E-state index contributed by atoms with van der Waals surface area (Å²) >= 11 is 0. The minimum atomic E-state index is -0.651. The first-order valence-electron chi connectivity index (χ1n) is 10.1. The number of aromatic nitrogens is 2. The third-order valence-corrected chi connectivity index (χ3v) is 5.19. The van der Waals surface area contributed by atoms with Crippen molar-refractivity contribution in [1.82, 2.24) is 19.8 Å². The lowest BCUT2D eigenvalue weighted by Gasteiger charge is -2.28. The van der Waals surface area contributed by atoms with Gasteiger partial charge in [-0.3, -0.25) is 4.90 Å². The molecule has 0 radical (unpaired) electrons. The normalized spacial score (nSPS) is 20.1. The van der Waals surface area contributed by atoms with Crippen LogP contribution in [0, 0.1) is 17.0 Å². The molecule has 1 aromatic heterocycles. The molecule has 7 nitrogen and oxygen atoms in total. The number of benzene rings is 1. The fourth-order valence-corrected chi connectivity index (χ4v) is 4.07. The minimum Gasteiger partial charge on any atom is -0.432 e. The first kappa shape index (κ1) is 21.2. The molecule has 3 heterocycles. The summed E-state index contributed by atoms with van der Waals surface area (Å²) in [6.45, 7) is 5.92. The van der Waals surface area contributed by atoms with Gasteiger partial charge in [0.2, 0.25) is 5.95 Å². The Morgan fingerprint density at radius 1 is 1.23 bits per heavy atom. The van der Waals surface area contributed by atoms with Crippen LogP contribution in [-0.4, -0.2) is 53.0 Å². The van der Waals surface area contributed by atoms with Gasteiger partial charge in [0.15, 0.2) is 0 Å². The Kier molecular flexibility index (Phi) is 5.62. The standard InChI is InChI=1S/C22H26F2N6O/c1-22(2,13-29(3)4)12-26-20-25-8-7-17(27-20)19-18(28-21-30(19)9-10-31-21)15-6-5-14(23)11-16(15)24/h5-11,18-19H,12-13H2,1-4H3,(H,25,26,27). The number of anilines is 1. The lowest BCUT2D eigenvalue weighted by atomic mass is 9.93. The quantitative estimate of drug-likeness (QED) is 0.725. The van der Waals surface area contributed by atoms with Crippen molar-refractivity contribution in [3.05, 3.63) is 65.8 Å². The number of halogens is 2. The maximum atomic E-state index is 14.6. The first-order valence-corrected chi connectivity index (χ1v) is 10.1. The van der Waals surface area contributed by atoms with Crippen LogP contribution in [0.3, 0.4) is 0 Å². The van der Waals surface area contributed by atoms with Crippen molar-refractivity contribution in [2.24, 2.45) is 10.4 Å². The topological polar surface area (TPSA) is 65.9 Å². The van der Waals surface area contributed by atoms with Crippen molar-refractivity contribution < 1.29 is 13.5 Å². The predicted octanol–water partition coefficient (Wildman–Crippen LogP) is 3.71. The molecule has 4 rings (SSSR count). The summed E-state index contributed by atoms with van der Waals surface area (Å²) in [5, 5.41) is 3.31. The number of nitrogens with one attached hydrogen (secondary N) is 1. The van der Waals surface area contributed by atoms with E-state index in [2.05, 4.69) is 39.0 Å². The van der Waals surface area contributed by atoms with Crippen molar-refractivity contribution in [1.29, 1.82) is 0 Å². The predicted molar refractivity (Wildman–Crippen MR) is 114 cm³/mol. The molecule has 2 aliphatic rings. The second-order valence-electron chi connectivity index (χ2n) is 8.84. The number of amidine groups is 1. The van der Waals surface area contributed by atoms with Gasteiger partial charge in [0, 0.05) is 37.1 Å². The number of hydrogen-bond acceptors (Lipinski definition) is 7. The van der Waals surface area contributed by atoms with E-state index in [1.807, 2.05) is 14.1 Å². The lowest BCUT2D eigenvalue weighted by molar-refractivity contribution is 0.254. The van der Waals surface area contributed by atoms with Gasteiger partial charge in [-0.2, -0.15) is 0 Å². The van der Waals surface area contributed by atoms with E-state index >= 15 is 0 Å². The van der Waals surface area contributed by atoms with Gasteiger partial charge in [0.1, 0.15) is 30.0 Å². The zero-order valence-corrected chi connectivity index (χ0v) is 18.0. The Morgan fingerprint density at radius 3 is 2.77 bits per heavy atom. The fraction of sp³-hybridized carbons (Fsp3) is 0.409. The molecule has 0 fully saturated rings. The Balaban J connectivity index is 1.61. The van der Waals surface area contributed by atoms with Crippen LogP contribution in [0.1, 0.15) is 37.2 Å². The van der Waals surface area contributed by atoms with E-state index in [1.54, 1.807) is 23.4 Å². The molecule has 0 aliphatic carbocycles. The molecule has 2 unspecified atom stereocenters. The molecular weight excluding hydrogens is 402 g/mol. The van der Waals surface area contributed by atoms with Crippen LogP contribution in [-0.2, 0) is 4.74 Å². The highest BCUT2D eigenvalue weighted by Gasteiger charge is 2.42. The van der Waals surface area contributed by atoms with Crippen molar-refractivity contribution >= 4 is 12.0 Å². The van der Waals surface area contributed by atoms with Gasteiger partial charge in [-0.05, 0) is 31.6 Å². The molecule has 2 aromatic rings. The SMILES string of the molecule is CN(C)CC(C)(C)CNc1nccc(C2C(c3ccc(F)cc3F)N=C3OC=CN32)n1. The summed E-state index contributed by atoms with van der Waals surface area (Å²) in [5.74, 6) is -0.795. The van der Waals surface area contributed by atoms with E-state index in [-0.39, 0.29) is 11.0 Å². The molecule has 9 heteroatoms. The van der Waals surface area contributed by atoms with Crippen molar-refractivity contribution in [3.63, 3.8) is 0 Å². The first-order chi connectivity index (χ1) is 14.7. The number of hydrogen-bond donors (Lipinski definition) is 1. The van der Waals surface area contributed by atoms with Crippen LogP contribution in [0.15, 0.2) is 47.9 Å². The van der Waals surface area contributed by atoms with Crippen LogP contribution in [0.25, 0.3) is 0 Å². The van der Waals surface area contributed by atoms with Crippen LogP contribution in [0.2, 0.25) is 0 Å². The zero-order chi connectivity index (χ0) is 22.2. The minimum absolute atomic E-state index is 0.0117. The van der Waals surface area contributed by atoms with Gasteiger partial charge in [-0.25, -0.2) is 23.7 Å². The molecular formula is C22H26F2N6O. The van der Waals surface area contributed by atoms with Crippen LogP contribution >= 0.6 is 0 Å². The smallest absolute Gasteiger partial charge is 0.298 e. The second kappa shape index (κ2) is 8.22. The van der Waals surface area contributed by atoms with E-state index in [0.717, 1.165) is 12.6 Å². The van der Waals surface area contributed by atoms with E-state index in [0.29, 0.717) is 24.2 Å². The molecule has 0 spiro atoms. The van der Waals surface area contributed by atoms with Gasteiger partial charge in [0.05, 0.1) is 5.69 Å². The van der Waals surface area contributed by atoms with Crippen molar-refractivity contribution in [2.75, 3.05) is 32.5 Å². The Labute approximate surface area is 180 Å². The molecule has 2 atom stereocenters. The highest BCUT2D eigenvalue weighted by molar-refractivity contribution is 5.80. The van der Waals surface area contributed by atoms with Crippen LogP contribution in [0.5, 0.6) is 0 Å². The molecule has 164 valence electrons. The monoisotopic (exact) mass is 428 g/mol. The summed E-state index contributed by atoms with van der Waals surface area (Å²) < 4.78 is 33.5. The van der Waals surface area contributed by atoms with Gasteiger partial charge in [-0.15, -0.1) is 0 Å². The van der Waals surface area contributed by atoms with E-state index < -0.39 is 23.7 Å². The maximum absolute atomic E-state index is 14.6. The van der Waals surface area contributed by atoms with Gasteiger partial charge in [-0.1, -0.05) is 19.9 Å². The largest absolute Gasteiger partial charge is 0.432 e. The highest BCUT2D eigenvalue weighted by atomic mass is 19.1. The Morgan fingerprint density at radius 2 is 2.03 bits per heavy atom. The molecule has 2 aliphatic heterocycles. The number of aliphatic imine (C=N–C) groups is 1. The van der Waals surface area contributed by atoms with Crippen molar-refractivity contribution in [3.8, 4) is 0 Å². The summed E-state index contributed by atoms with van der Waals surface area (Å²) in [4.78, 5) is 17.5. The summed E-state index contributed by atoms with van der Waals surface area (Å²) in [5.41, 5.74) is 0.953. The molecule has 0 bridgehead atoms. The molecule has 0 saturated carbocycles. The molecule has 0 amide bonds. The lowest BCUT2D eigenvalue weighted by Crippen LogP contribution is -2.34. The molecule has 1 N–H and O–H groups in total. The van der Waals surface area contributed by atoms with Gasteiger partial charge in [0.25, 0.3) is 6.02 Å². The number of ether oxygens (including phenoxy) is 1. The summed E-state index contributed by atoms with van der Waals surface area (Å²) in [6, 6.07) is 4.59. The third kappa shape index (κ3) is 4.51. The van der Waals surface area contributed by atoms with E-state index in [4.69, 9.17) is 4.74 Å². The third-order valence-electron chi connectivity index (χ3n) is 5.19. The van der Waals surface area contributed by atoms with E-state index in [9.17, 15) is 8.78 Å². The second-order valence-corrected chi connectivity index (χ2v) is 8.84. The van der Waals surface area contributed by atoms with E-state index in [1.165, 1.54) is 18.4 Å². The van der Waals surface area contributed by atoms with Crippen molar-refractivity contribution in [2.45, 2.75) is 25.9 Å². The highest BCUT2D eigenvalue weighted by Crippen LogP contribution is 2.44. The average Bonchev–Trinajstić information content (AvgIpc) is 3.27. The zero-order valence-electron chi connectivity index (χ0n) is 18.0. The Bertz CT molecular complexity index is 1020. The Hall–Kier alpha value is -3.07. The molecule has 31 heavy (non-hydrogen) atoms. The van der Waals surface area contributed by atoms with Crippen LogP contribution in [0.4, 0.5) is 14.7 Å².